The van der Waals surface area contributed by atoms with E-state index in [9.17, 15) is 23.6 Å². The number of nitrogens with zero attached hydrogens (tertiary/aromatic N) is 1. The Balaban J connectivity index is 1.27. The van der Waals surface area contributed by atoms with Gasteiger partial charge in [0.1, 0.15) is 11.9 Å². The molecule has 8 heteroatoms. The summed E-state index contributed by atoms with van der Waals surface area (Å²) in [5.74, 6) is -2.45. The van der Waals surface area contributed by atoms with Crippen molar-refractivity contribution in [1.29, 1.82) is 0 Å². The van der Waals surface area contributed by atoms with Gasteiger partial charge in [0.15, 0.2) is 6.61 Å². The Labute approximate surface area is 185 Å². The maximum atomic E-state index is 13.3. The van der Waals surface area contributed by atoms with E-state index in [0.717, 1.165) is 11.3 Å². The Kier molecular flexibility index (Phi) is 4.91. The first kappa shape index (κ1) is 20.8. The number of rotatable bonds is 6. The summed E-state index contributed by atoms with van der Waals surface area (Å²) in [6, 6.07) is 4.11. The number of amides is 3. The van der Waals surface area contributed by atoms with Crippen molar-refractivity contribution < 1.29 is 28.3 Å². The predicted molar refractivity (Wildman–Crippen MR) is 111 cm³/mol. The van der Waals surface area contributed by atoms with Crippen LogP contribution in [0.3, 0.4) is 0 Å². The number of ether oxygens (including phenoxy) is 1. The standard InChI is InChI=1S/C24H25FN2O5/c1-11(2)21(24(31)32-10-18(28)26-13-5-3-12(25)4-6-13)27-22(29)19-14-7-8-15(17-9-16(14)17)20(19)23(27)30/h3-8,11,14-17,19-21H,9-10H2,1-2H3,(H,26,28)/t14-,15-,16-,17-,19+,20+,21+/m0/s1. The number of nitrogens with one attached hydrogen (secondary N) is 1. The number of anilines is 1. The van der Waals surface area contributed by atoms with Gasteiger partial charge in [0.05, 0.1) is 11.8 Å². The van der Waals surface area contributed by atoms with Gasteiger partial charge in [-0.1, -0.05) is 26.0 Å². The van der Waals surface area contributed by atoms with Crippen molar-refractivity contribution in [3.63, 3.8) is 0 Å². The largest absolute Gasteiger partial charge is 0.454 e. The summed E-state index contributed by atoms with van der Waals surface area (Å²) in [5, 5.41) is 2.51. The van der Waals surface area contributed by atoms with E-state index in [1.807, 2.05) is 0 Å². The van der Waals surface area contributed by atoms with Crippen LogP contribution < -0.4 is 5.32 Å². The number of carbonyl (C=O) groups excluding carboxylic acids is 4. The molecular formula is C24H25FN2O5. The van der Waals surface area contributed by atoms with Crippen molar-refractivity contribution in [2.45, 2.75) is 26.3 Å². The lowest BCUT2D eigenvalue weighted by Crippen LogP contribution is -2.49. The minimum absolute atomic E-state index is 0.0711. The Morgan fingerprint density at radius 3 is 2.16 bits per heavy atom. The molecule has 6 rings (SSSR count). The summed E-state index contributed by atoms with van der Waals surface area (Å²) >= 11 is 0. The summed E-state index contributed by atoms with van der Waals surface area (Å²) in [6.45, 7) is 2.92. The molecule has 2 bridgehead atoms. The number of benzene rings is 1. The minimum atomic E-state index is -1.07. The van der Waals surface area contributed by atoms with Gasteiger partial charge in [0.2, 0.25) is 11.8 Å². The molecule has 168 valence electrons. The van der Waals surface area contributed by atoms with E-state index < -0.39 is 42.2 Å². The second-order valence-electron chi connectivity index (χ2n) is 9.55. The first-order chi connectivity index (χ1) is 15.3. The quantitative estimate of drug-likeness (QED) is 0.417. The van der Waals surface area contributed by atoms with E-state index in [0.29, 0.717) is 17.5 Å². The van der Waals surface area contributed by atoms with E-state index in [1.54, 1.807) is 13.8 Å². The molecule has 2 saturated carbocycles. The smallest absolute Gasteiger partial charge is 0.330 e. The monoisotopic (exact) mass is 440 g/mol. The van der Waals surface area contributed by atoms with Crippen molar-refractivity contribution in [1.82, 2.24) is 4.90 Å². The summed E-state index contributed by atoms with van der Waals surface area (Å²) in [7, 11) is 0. The fourth-order valence-corrected chi connectivity index (χ4v) is 5.88. The Morgan fingerprint density at radius 1 is 1.06 bits per heavy atom. The predicted octanol–water partition coefficient (Wildman–Crippen LogP) is 2.39. The van der Waals surface area contributed by atoms with Crippen LogP contribution in [0.2, 0.25) is 0 Å². The molecule has 1 aliphatic heterocycles. The van der Waals surface area contributed by atoms with Gasteiger partial charge in [0, 0.05) is 5.69 Å². The third kappa shape index (κ3) is 3.24. The Bertz CT molecular complexity index is 984. The molecule has 0 radical (unpaired) electrons. The van der Waals surface area contributed by atoms with Gasteiger partial charge in [-0.25, -0.2) is 9.18 Å². The molecule has 0 aromatic heterocycles. The van der Waals surface area contributed by atoms with Gasteiger partial charge >= 0.3 is 5.97 Å². The molecule has 1 heterocycles. The average molecular weight is 440 g/mol. The minimum Gasteiger partial charge on any atom is -0.454 e. The SMILES string of the molecule is CC(C)[C@H](C(=O)OCC(=O)Nc1ccc(F)cc1)N1C(=O)[C@@H]2[C@H]3C=C[C@@H]([C@@H]4C[C@@H]34)[C@H]2C1=O. The number of imide groups is 1. The zero-order valence-electron chi connectivity index (χ0n) is 17.9. The highest BCUT2D eigenvalue weighted by Gasteiger charge is 2.68. The van der Waals surface area contributed by atoms with Gasteiger partial charge in [-0.3, -0.25) is 19.3 Å². The molecule has 4 aliphatic carbocycles. The number of carbonyl (C=O) groups is 4. The normalized spacial score (nSPS) is 32.6. The van der Waals surface area contributed by atoms with Crippen LogP contribution in [0.1, 0.15) is 20.3 Å². The first-order valence-electron chi connectivity index (χ1n) is 11.0. The van der Waals surface area contributed by atoms with Crippen LogP contribution in [0.5, 0.6) is 0 Å². The number of hydrogen-bond donors (Lipinski definition) is 1. The molecule has 7 nitrogen and oxygen atoms in total. The van der Waals surface area contributed by atoms with Gasteiger partial charge in [-0.2, -0.15) is 0 Å². The number of halogens is 1. The molecule has 0 spiro atoms. The van der Waals surface area contributed by atoms with Crippen LogP contribution in [0.25, 0.3) is 0 Å². The van der Waals surface area contributed by atoms with Gasteiger partial charge in [-0.15, -0.1) is 0 Å². The zero-order valence-corrected chi connectivity index (χ0v) is 17.9. The zero-order chi connectivity index (χ0) is 22.7. The molecular weight excluding hydrogens is 415 g/mol. The molecule has 7 atom stereocenters. The van der Waals surface area contributed by atoms with Crippen LogP contribution in [0.15, 0.2) is 36.4 Å². The maximum Gasteiger partial charge on any atom is 0.330 e. The third-order valence-electron chi connectivity index (χ3n) is 7.32. The van der Waals surface area contributed by atoms with Gasteiger partial charge in [-0.05, 0) is 60.3 Å². The molecule has 1 aromatic carbocycles. The van der Waals surface area contributed by atoms with E-state index in [-0.39, 0.29) is 29.6 Å². The first-order valence-corrected chi connectivity index (χ1v) is 11.0. The lowest BCUT2D eigenvalue weighted by molar-refractivity contribution is -0.162. The molecule has 3 fully saturated rings. The molecule has 1 N–H and O–H groups in total. The highest BCUT2D eigenvalue weighted by molar-refractivity contribution is 6.09. The Morgan fingerprint density at radius 2 is 1.62 bits per heavy atom. The van der Waals surface area contributed by atoms with Crippen molar-refractivity contribution in [3.05, 3.63) is 42.2 Å². The second kappa shape index (κ2) is 7.53. The van der Waals surface area contributed by atoms with Crippen molar-refractivity contribution in [3.8, 4) is 0 Å². The van der Waals surface area contributed by atoms with Crippen molar-refractivity contribution >= 4 is 29.4 Å². The highest BCUT2D eigenvalue weighted by atomic mass is 19.1. The maximum absolute atomic E-state index is 13.3. The summed E-state index contributed by atoms with van der Waals surface area (Å²) in [6.07, 6.45) is 5.23. The molecule has 0 unspecified atom stereocenters. The van der Waals surface area contributed by atoms with Crippen LogP contribution in [0, 0.1) is 47.2 Å². The van der Waals surface area contributed by atoms with Crippen LogP contribution >= 0.6 is 0 Å². The lowest BCUT2D eigenvalue weighted by Gasteiger charge is -2.37. The van der Waals surface area contributed by atoms with E-state index in [4.69, 9.17) is 4.74 Å². The van der Waals surface area contributed by atoms with E-state index >= 15 is 0 Å². The van der Waals surface area contributed by atoms with Crippen LogP contribution in [-0.2, 0) is 23.9 Å². The highest BCUT2D eigenvalue weighted by Crippen LogP contribution is 2.65. The van der Waals surface area contributed by atoms with Crippen molar-refractivity contribution in [2.24, 2.45) is 41.4 Å². The number of allylic oxidation sites excluding steroid dienone is 2. The summed E-state index contributed by atoms with van der Waals surface area (Å²) < 4.78 is 18.2. The molecule has 1 aromatic rings. The molecule has 5 aliphatic rings. The summed E-state index contributed by atoms with van der Waals surface area (Å²) in [5.41, 5.74) is 0.364. The third-order valence-corrected chi connectivity index (χ3v) is 7.32. The average Bonchev–Trinajstić information content (AvgIpc) is 3.54. The Hall–Kier alpha value is -3.03. The second-order valence-corrected chi connectivity index (χ2v) is 9.55. The number of esters is 1. The number of likely N-dealkylation sites (tertiary alicyclic amines) is 1. The van der Waals surface area contributed by atoms with Crippen molar-refractivity contribution in [2.75, 3.05) is 11.9 Å². The lowest BCUT2D eigenvalue weighted by atomic mass is 9.63. The number of hydrogen-bond acceptors (Lipinski definition) is 5. The fourth-order valence-electron chi connectivity index (χ4n) is 5.88. The fraction of sp³-hybridized carbons (Fsp3) is 0.500. The topological polar surface area (TPSA) is 92.8 Å². The summed E-state index contributed by atoms with van der Waals surface area (Å²) in [4.78, 5) is 52.8. The van der Waals surface area contributed by atoms with Crippen LogP contribution in [0.4, 0.5) is 10.1 Å². The van der Waals surface area contributed by atoms with E-state index in [1.165, 1.54) is 24.3 Å². The van der Waals surface area contributed by atoms with Crippen LogP contribution in [-0.4, -0.2) is 41.2 Å². The van der Waals surface area contributed by atoms with E-state index in [2.05, 4.69) is 17.5 Å². The van der Waals surface area contributed by atoms with Gasteiger partial charge in [0.25, 0.3) is 5.91 Å². The molecule has 1 saturated heterocycles. The molecule has 32 heavy (non-hydrogen) atoms. The molecule has 3 amide bonds. The van der Waals surface area contributed by atoms with Gasteiger partial charge < -0.3 is 10.1 Å².